The summed E-state index contributed by atoms with van der Waals surface area (Å²) in [5.74, 6) is -5.79. The molecule has 0 radical (unpaired) electrons. The Morgan fingerprint density at radius 1 is 0.759 bits per heavy atom. The summed E-state index contributed by atoms with van der Waals surface area (Å²) in [7, 11) is 2.86. The van der Waals surface area contributed by atoms with Crippen LogP contribution in [0.15, 0.2) is 48.7 Å². The fraction of sp³-hybridized carbons (Fsp3) is 0.182. The minimum Gasteiger partial charge on any atom is -0.493 e. The Bertz CT molecular complexity index is 1150. The van der Waals surface area contributed by atoms with E-state index in [1.807, 2.05) is 0 Å². The molecule has 1 aliphatic rings. The second kappa shape index (κ2) is 7.01. The first-order valence-corrected chi connectivity index (χ1v) is 8.92. The Hall–Kier alpha value is -3.74. The van der Waals surface area contributed by atoms with Crippen molar-refractivity contribution < 1.29 is 28.7 Å². The predicted octanol–water partition coefficient (Wildman–Crippen LogP) is 2.34. The van der Waals surface area contributed by atoms with Gasteiger partial charge in [-0.05, 0) is 29.3 Å². The largest absolute Gasteiger partial charge is 0.493 e. The van der Waals surface area contributed by atoms with Crippen LogP contribution in [0.25, 0.3) is 10.9 Å². The highest BCUT2D eigenvalue weighted by molar-refractivity contribution is 6.63. The van der Waals surface area contributed by atoms with Crippen LogP contribution in [-0.4, -0.2) is 42.3 Å². The summed E-state index contributed by atoms with van der Waals surface area (Å²) >= 11 is 0. The molecule has 3 aromatic rings. The molecule has 2 aromatic carbocycles. The Morgan fingerprint density at radius 2 is 1.38 bits per heavy atom. The standard InChI is InChI=1S/C22H17NO6/c1-28-15-8-7-11(9-16(15)29-2)17-19(24)21(26)18(22(27)20(17)25)13-10-23-14-6-4-3-5-12(13)14/h3-10,17-18,23H,1-2H3. The number of rotatable bonds is 4. The molecule has 0 amide bonds. The van der Waals surface area contributed by atoms with Crippen molar-refractivity contribution in [3.63, 3.8) is 0 Å². The van der Waals surface area contributed by atoms with Crippen molar-refractivity contribution in [3.05, 3.63) is 59.8 Å². The van der Waals surface area contributed by atoms with Gasteiger partial charge in [-0.25, -0.2) is 0 Å². The van der Waals surface area contributed by atoms with E-state index in [0.717, 1.165) is 0 Å². The second-order valence-corrected chi connectivity index (χ2v) is 6.73. The van der Waals surface area contributed by atoms with E-state index in [-0.39, 0.29) is 5.56 Å². The highest BCUT2D eigenvalue weighted by Gasteiger charge is 2.50. The van der Waals surface area contributed by atoms with Crippen molar-refractivity contribution in [2.45, 2.75) is 11.8 Å². The Morgan fingerprint density at radius 3 is 2.03 bits per heavy atom. The lowest BCUT2D eigenvalue weighted by Gasteiger charge is -2.24. The number of hydrogen-bond donors (Lipinski definition) is 1. The van der Waals surface area contributed by atoms with Gasteiger partial charge in [-0.2, -0.15) is 0 Å². The predicted molar refractivity (Wildman–Crippen MR) is 103 cm³/mol. The number of carbonyl (C=O) groups is 4. The van der Waals surface area contributed by atoms with E-state index in [0.29, 0.717) is 28.0 Å². The maximum absolute atomic E-state index is 12.9. The van der Waals surface area contributed by atoms with E-state index in [1.165, 1.54) is 38.6 Å². The lowest BCUT2D eigenvalue weighted by molar-refractivity contribution is -0.151. The minimum absolute atomic E-state index is 0.219. The van der Waals surface area contributed by atoms with Gasteiger partial charge in [-0.1, -0.05) is 24.3 Å². The normalized spacial score (nSPS) is 19.7. The SMILES string of the molecule is COc1ccc(C2C(=O)C(=O)C(c3c[nH]c4ccccc34)C(=O)C2=O)cc1OC. The van der Waals surface area contributed by atoms with Crippen LogP contribution in [0.3, 0.4) is 0 Å². The zero-order valence-corrected chi connectivity index (χ0v) is 15.7. The molecule has 0 saturated heterocycles. The van der Waals surface area contributed by atoms with Crippen LogP contribution in [0.2, 0.25) is 0 Å². The molecule has 1 aliphatic carbocycles. The number of ketones is 4. The van der Waals surface area contributed by atoms with Crippen molar-refractivity contribution in [2.24, 2.45) is 0 Å². The quantitative estimate of drug-likeness (QED) is 0.541. The minimum atomic E-state index is -1.48. The molecule has 29 heavy (non-hydrogen) atoms. The number of Topliss-reactive ketones (excluding diaryl/α,β-unsaturated/α-hetero) is 4. The van der Waals surface area contributed by atoms with E-state index in [2.05, 4.69) is 4.98 Å². The number of nitrogens with one attached hydrogen (secondary N) is 1. The van der Waals surface area contributed by atoms with E-state index in [9.17, 15) is 19.2 Å². The van der Waals surface area contributed by atoms with Crippen molar-refractivity contribution in [1.82, 2.24) is 4.98 Å². The zero-order valence-electron chi connectivity index (χ0n) is 15.7. The van der Waals surface area contributed by atoms with Crippen LogP contribution >= 0.6 is 0 Å². The third kappa shape index (κ3) is 2.82. The lowest BCUT2D eigenvalue weighted by Crippen LogP contribution is -2.46. The summed E-state index contributed by atoms with van der Waals surface area (Å²) in [6, 6.07) is 11.5. The van der Waals surface area contributed by atoms with E-state index >= 15 is 0 Å². The van der Waals surface area contributed by atoms with Crippen molar-refractivity contribution in [2.75, 3.05) is 14.2 Å². The topological polar surface area (TPSA) is 103 Å². The van der Waals surface area contributed by atoms with Gasteiger partial charge in [-0.15, -0.1) is 0 Å². The van der Waals surface area contributed by atoms with E-state index < -0.39 is 35.0 Å². The number of para-hydroxylation sites is 1. The average Bonchev–Trinajstić information content (AvgIpc) is 3.16. The molecule has 7 heteroatoms. The molecule has 146 valence electrons. The van der Waals surface area contributed by atoms with E-state index in [4.69, 9.17) is 9.47 Å². The highest BCUT2D eigenvalue weighted by Crippen LogP contribution is 2.37. The second-order valence-electron chi connectivity index (χ2n) is 6.73. The Balaban J connectivity index is 1.76. The third-order valence-corrected chi connectivity index (χ3v) is 5.21. The van der Waals surface area contributed by atoms with Gasteiger partial charge in [0.2, 0.25) is 23.1 Å². The van der Waals surface area contributed by atoms with Crippen LogP contribution in [0.1, 0.15) is 23.0 Å². The number of aromatic nitrogens is 1. The lowest BCUT2D eigenvalue weighted by atomic mass is 9.72. The van der Waals surface area contributed by atoms with Gasteiger partial charge >= 0.3 is 0 Å². The van der Waals surface area contributed by atoms with Gasteiger partial charge < -0.3 is 14.5 Å². The van der Waals surface area contributed by atoms with Crippen LogP contribution in [0.4, 0.5) is 0 Å². The maximum atomic E-state index is 12.9. The maximum Gasteiger partial charge on any atom is 0.214 e. The number of H-pyrrole nitrogens is 1. The number of carbonyl (C=O) groups excluding carboxylic acids is 4. The van der Waals surface area contributed by atoms with Crippen molar-refractivity contribution in [1.29, 1.82) is 0 Å². The molecule has 0 aliphatic heterocycles. The molecule has 0 atom stereocenters. The smallest absolute Gasteiger partial charge is 0.214 e. The van der Waals surface area contributed by atoms with Crippen LogP contribution in [0, 0.1) is 0 Å². The number of methoxy groups -OCH3 is 2. The summed E-state index contributed by atoms with van der Waals surface area (Å²) in [5, 5.41) is 0.629. The van der Waals surface area contributed by atoms with Gasteiger partial charge in [-0.3, -0.25) is 19.2 Å². The summed E-state index contributed by atoms with van der Waals surface area (Å²) in [4.78, 5) is 54.5. The molecule has 1 N–H and O–H groups in total. The first-order chi connectivity index (χ1) is 14.0. The summed E-state index contributed by atoms with van der Waals surface area (Å²) in [6.07, 6.45) is 1.50. The summed E-state index contributed by atoms with van der Waals surface area (Å²) in [6.45, 7) is 0. The van der Waals surface area contributed by atoms with Crippen molar-refractivity contribution in [3.8, 4) is 11.5 Å². The fourth-order valence-electron chi connectivity index (χ4n) is 3.76. The highest BCUT2D eigenvalue weighted by atomic mass is 16.5. The average molecular weight is 391 g/mol. The molecule has 1 aromatic heterocycles. The number of hydrogen-bond acceptors (Lipinski definition) is 6. The third-order valence-electron chi connectivity index (χ3n) is 5.21. The van der Waals surface area contributed by atoms with E-state index in [1.54, 1.807) is 24.3 Å². The van der Waals surface area contributed by atoms with Gasteiger partial charge in [0.15, 0.2) is 11.5 Å². The number of ether oxygens (including phenoxy) is 2. The van der Waals surface area contributed by atoms with Gasteiger partial charge in [0, 0.05) is 17.1 Å². The molecule has 1 saturated carbocycles. The van der Waals surface area contributed by atoms with Gasteiger partial charge in [0.05, 0.1) is 14.2 Å². The Kier molecular flexibility index (Phi) is 4.50. The summed E-state index contributed by atoms with van der Waals surface area (Å²) in [5.41, 5.74) is 1.27. The monoisotopic (exact) mass is 391 g/mol. The number of aromatic amines is 1. The van der Waals surface area contributed by atoms with Crippen LogP contribution < -0.4 is 9.47 Å². The molecule has 4 rings (SSSR count). The zero-order chi connectivity index (χ0) is 20.7. The molecular weight excluding hydrogens is 374 g/mol. The van der Waals surface area contributed by atoms with Crippen molar-refractivity contribution >= 4 is 34.0 Å². The molecule has 0 spiro atoms. The van der Waals surface area contributed by atoms with Gasteiger partial charge in [0.25, 0.3) is 0 Å². The molecule has 7 nitrogen and oxygen atoms in total. The van der Waals surface area contributed by atoms with Crippen LogP contribution in [0.5, 0.6) is 11.5 Å². The van der Waals surface area contributed by atoms with Crippen LogP contribution in [-0.2, 0) is 19.2 Å². The molecule has 1 fully saturated rings. The summed E-state index contributed by atoms with van der Waals surface area (Å²) < 4.78 is 10.3. The number of benzene rings is 2. The first-order valence-electron chi connectivity index (χ1n) is 8.92. The molecule has 0 unspecified atom stereocenters. The van der Waals surface area contributed by atoms with Gasteiger partial charge in [0.1, 0.15) is 11.8 Å². The molecular formula is C22H17NO6. The molecule has 1 heterocycles. The Labute approximate surface area is 165 Å². The molecule has 0 bridgehead atoms. The number of fused-ring (bicyclic) bond motifs is 1. The first kappa shape index (κ1) is 18.6. The fourth-order valence-corrected chi connectivity index (χ4v) is 3.76.